The van der Waals surface area contributed by atoms with E-state index in [0.717, 1.165) is 38.4 Å². The molecule has 0 unspecified atom stereocenters. The largest absolute Gasteiger partial charge is 0.378 e. The minimum atomic E-state index is -0.0278. The molecule has 156 valence electrons. The highest BCUT2D eigenvalue weighted by Gasteiger charge is 2.17. The van der Waals surface area contributed by atoms with Crippen LogP contribution in [0.25, 0.3) is 0 Å². The van der Waals surface area contributed by atoms with Gasteiger partial charge in [0.25, 0.3) is 0 Å². The van der Waals surface area contributed by atoms with Crippen LogP contribution in [0.4, 0.5) is 11.4 Å². The molecule has 5 heteroatoms. The summed E-state index contributed by atoms with van der Waals surface area (Å²) < 4.78 is 5.40. The SMILES string of the molecule is CCc1ccc([C@H](NCC(=O)Nc2ccc(N3CCOCC3)cc2)C(C)C)cc1. The zero-order valence-electron chi connectivity index (χ0n) is 17.8. The van der Waals surface area contributed by atoms with Crippen LogP contribution in [-0.4, -0.2) is 38.8 Å². The molecule has 2 aromatic carbocycles. The van der Waals surface area contributed by atoms with Crippen LogP contribution in [0.5, 0.6) is 0 Å². The van der Waals surface area contributed by atoms with Crippen LogP contribution < -0.4 is 15.5 Å². The van der Waals surface area contributed by atoms with Crippen LogP contribution in [0.2, 0.25) is 0 Å². The van der Waals surface area contributed by atoms with Crippen LogP contribution in [0.1, 0.15) is 37.9 Å². The van der Waals surface area contributed by atoms with Gasteiger partial charge in [-0.3, -0.25) is 4.79 Å². The lowest BCUT2D eigenvalue weighted by Crippen LogP contribution is -2.36. The second-order valence-corrected chi connectivity index (χ2v) is 7.89. The van der Waals surface area contributed by atoms with Gasteiger partial charge in [0, 0.05) is 30.5 Å². The molecule has 1 heterocycles. The average Bonchev–Trinajstić information content (AvgIpc) is 2.75. The molecule has 0 radical (unpaired) electrons. The molecule has 0 bridgehead atoms. The van der Waals surface area contributed by atoms with Crippen LogP contribution in [0.3, 0.4) is 0 Å². The van der Waals surface area contributed by atoms with E-state index in [1.807, 2.05) is 12.1 Å². The smallest absolute Gasteiger partial charge is 0.238 e. The Morgan fingerprint density at radius 2 is 1.69 bits per heavy atom. The Morgan fingerprint density at radius 1 is 1.03 bits per heavy atom. The zero-order valence-corrected chi connectivity index (χ0v) is 17.8. The number of amides is 1. The maximum Gasteiger partial charge on any atom is 0.238 e. The standard InChI is InChI=1S/C24H33N3O2/c1-4-19-5-7-20(8-6-19)24(18(2)3)25-17-23(28)26-21-9-11-22(12-10-21)27-13-15-29-16-14-27/h5-12,18,24-25H,4,13-17H2,1-3H3,(H,26,28)/t24-/m1/s1. The Bertz CT molecular complexity index is 766. The Balaban J connectivity index is 1.53. The van der Waals surface area contributed by atoms with Crippen molar-refractivity contribution in [1.82, 2.24) is 5.32 Å². The first kappa shape index (κ1) is 21.3. The minimum absolute atomic E-state index is 0.0278. The van der Waals surface area contributed by atoms with Crippen molar-refractivity contribution in [3.05, 3.63) is 59.7 Å². The van der Waals surface area contributed by atoms with E-state index in [2.05, 4.69) is 72.7 Å². The number of nitrogens with zero attached hydrogens (tertiary/aromatic N) is 1. The number of rotatable bonds is 8. The number of carbonyl (C=O) groups is 1. The molecular formula is C24H33N3O2. The summed E-state index contributed by atoms with van der Waals surface area (Å²) in [5, 5.41) is 6.41. The molecule has 5 nitrogen and oxygen atoms in total. The number of nitrogens with one attached hydrogen (secondary N) is 2. The van der Waals surface area contributed by atoms with E-state index < -0.39 is 0 Å². The first-order valence-electron chi connectivity index (χ1n) is 10.6. The van der Waals surface area contributed by atoms with E-state index in [-0.39, 0.29) is 18.5 Å². The number of benzene rings is 2. The third kappa shape index (κ3) is 6.05. The molecule has 3 rings (SSSR count). The van der Waals surface area contributed by atoms with Gasteiger partial charge in [0.1, 0.15) is 0 Å². The summed E-state index contributed by atoms with van der Waals surface area (Å²) in [5.74, 6) is 0.364. The van der Waals surface area contributed by atoms with Crippen LogP contribution in [-0.2, 0) is 16.0 Å². The molecular weight excluding hydrogens is 362 g/mol. The Kier molecular flexibility index (Phi) is 7.67. The highest BCUT2D eigenvalue weighted by molar-refractivity contribution is 5.92. The molecule has 1 amide bonds. The van der Waals surface area contributed by atoms with Crippen molar-refractivity contribution in [2.45, 2.75) is 33.2 Å². The lowest BCUT2D eigenvalue weighted by molar-refractivity contribution is -0.115. The fourth-order valence-corrected chi connectivity index (χ4v) is 3.68. The monoisotopic (exact) mass is 395 g/mol. The molecule has 0 saturated carbocycles. The summed E-state index contributed by atoms with van der Waals surface area (Å²) in [5.41, 5.74) is 4.54. The molecule has 1 fully saturated rings. The van der Waals surface area contributed by atoms with Gasteiger partial charge in [0.2, 0.25) is 5.91 Å². The van der Waals surface area contributed by atoms with E-state index in [4.69, 9.17) is 4.74 Å². The van der Waals surface area contributed by atoms with Gasteiger partial charge in [0.05, 0.1) is 19.8 Å². The summed E-state index contributed by atoms with van der Waals surface area (Å²) in [7, 11) is 0. The van der Waals surface area contributed by atoms with E-state index in [0.29, 0.717) is 5.92 Å². The molecule has 0 aliphatic carbocycles. The molecule has 2 N–H and O–H groups in total. The van der Waals surface area contributed by atoms with Crippen molar-refractivity contribution in [2.24, 2.45) is 5.92 Å². The normalized spacial score (nSPS) is 15.4. The first-order chi connectivity index (χ1) is 14.1. The second-order valence-electron chi connectivity index (χ2n) is 7.89. The number of morpholine rings is 1. The lowest BCUT2D eigenvalue weighted by atomic mass is 9.95. The fraction of sp³-hybridized carbons (Fsp3) is 0.458. The molecule has 29 heavy (non-hydrogen) atoms. The van der Waals surface area contributed by atoms with Gasteiger partial charge in [-0.05, 0) is 47.7 Å². The van der Waals surface area contributed by atoms with Crippen molar-refractivity contribution in [3.8, 4) is 0 Å². The lowest BCUT2D eigenvalue weighted by Gasteiger charge is -2.29. The number of ether oxygens (including phenoxy) is 1. The quantitative estimate of drug-likeness (QED) is 0.709. The summed E-state index contributed by atoms with van der Waals surface area (Å²) >= 11 is 0. The number of hydrogen-bond acceptors (Lipinski definition) is 4. The summed E-state index contributed by atoms with van der Waals surface area (Å²) in [4.78, 5) is 14.8. The van der Waals surface area contributed by atoms with Crippen molar-refractivity contribution in [2.75, 3.05) is 43.1 Å². The summed E-state index contributed by atoms with van der Waals surface area (Å²) in [6, 6.07) is 16.9. The maximum absolute atomic E-state index is 12.5. The molecule has 1 atom stereocenters. The number of aryl methyl sites for hydroxylation is 1. The van der Waals surface area contributed by atoms with Gasteiger partial charge in [-0.15, -0.1) is 0 Å². The van der Waals surface area contributed by atoms with Gasteiger partial charge in [-0.2, -0.15) is 0 Å². The topological polar surface area (TPSA) is 53.6 Å². The summed E-state index contributed by atoms with van der Waals surface area (Å²) in [6.07, 6.45) is 1.03. The first-order valence-corrected chi connectivity index (χ1v) is 10.6. The predicted octanol–water partition coefficient (Wildman–Crippen LogP) is 4.01. The Hall–Kier alpha value is -2.37. The van der Waals surface area contributed by atoms with Gasteiger partial charge >= 0.3 is 0 Å². The van der Waals surface area contributed by atoms with Crippen molar-refractivity contribution < 1.29 is 9.53 Å². The Labute approximate surface area is 174 Å². The van der Waals surface area contributed by atoms with Crippen molar-refractivity contribution >= 4 is 17.3 Å². The predicted molar refractivity (Wildman–Crippen MR) is 120 cm³/mol. The van der Waals surface area contributed by atoms with E-state index >= 15 is 0 Å². The molecule has 0 spiro atoms. The van der Waals surface area contributed by atoms with Gasteiger partial charge < -0.3 is 20.3 Å². The fourth-order valence-electron chi connectivity index (χ4n) is 3.68. The third-order valence-electron chi connectivity index (χ3n) is 5.42. The summed E-state index contributed by atoms with van der Waals surface area (Å²) in [6.45, 7) is 10.1. The van der Waals surface area contributed by atoms with Crippen LogP contribution in [0, 0.1) is 5.92 Å². The van der Waals surface area contributed by atoms with E-state index in [1.54, 1.807) is 0 Å². The number of anilines is 2. The van der Waals surface area contributed by atoms with E-state index in [9.17, 15) is 4.79 Å². The highest BCUT2D eigenvalue weighted by atomic mass is 16.5. The molecule has 0 aromatic heterocycles. The average molecular weight is 396 g/mol. The van der Waals surface area contributed by atoms with Crippen LogP contribution >= 0.6 is 0 Å². The van der Waals surface area contributed by atoms with Crippen LogP contribution in [0.15, 0.2) is 48.5 Å². The molecule has 1 saturated heterocycles. The molecule has 1 aliphatic rings. The molecule has 2 aromatic rings. The second kappa shape index (κ2) is 10.4. The zero-order chi connectivity index (χ0) is 20.6. The third-order valence-corrected chi connectivity index (χ3v) is 5.42. The van der Waals surface area contributed by atoms with E-state index in [1.165, 1.54) is 16.8 Å². The van der Waals surface area contributed by atoms with Gasteiger partial charge in [-0.25, -0.2) is 0 Å². The van der Waals surface area contributed by atoms with Crippen molar-refractivity contribution in [3.63, 3.8) is 0 Å². The maximum atomic E-state index is 12.5. The number of carbonyl (C=O) groups excluding carboxylic acids is 1. The minimum Gasteiger partial charge on any atom is -0.378 e. The Morgan fingerprint density at radius 3 is 2.28 bits per heavy atom. The van der Waals surface area contributed by atoms with Gasteiger partial charge in [-0.1, -0.05) is 45.0 Å². The molecule has 1 aliphatic heterocycles. The van der Waals surface area contributed by atoms with Crippen molar-refractivity contribution in [1.29, 1.82) is 0 Å². The highest BCUT2D eigenvalue weighted by Crippen LogP contribution is 2.22. The number of hydrogen-bond donors (Lipinski definition) is 2. The van der Waals surface area contributed by atoms with Gasteiger partial charge in [0.15, 0.2) is 0 Å².